The lowest BCUT2D eigenvalue weighted by Gasteiger charge is -2.14. The van der Waals surface area contributed by atoms with E-state index in [1.165, 1.54) is 6.33 Å². The van der Waals surface area contributed by atoms with Crippen LogP contribution in [0, 0.1) is 12.8 Å². The number of ether oxygens (including phenoxy) is 2. The number of nitrogens with zero attached hydrogens (tertiary/aromatic N) is 2. The topological polar surface area (TPSA) is 108 Å². The highest BCUT2D eigenvalue weighted by Crippen LogP contribution is 2.32. The second-order valence-electron chi connectivity index (χ2n) is 7.81. The molecule has 0 spiro atoms. The normalized spacial score (nSPS) is 19.8. The van der Waals surface area contributed by atoms with Crippen LogP contribution in [-0.2, 0) is 9.47 Å². The second-order valence-corrected chi connectivity index (χ2v) is 7.81. The van der Waals surface area contributed by atoms with Crippen LogP contribution >= 0.6 is 0 Å². The Balaban J connectivity index is 1.43. The highest BCUT2D eigenvalue weighted by Gasteiger charge is 2.30. The van der Waals surface area contributed by atoms with Crippen LogP contribution in [-0.4, -0.2) is 34.1 Å². The van der Waals surface area contributed by atoms with Crippen molar-refractivity contribution in [2.24, 2.45) is 5.92 Å². The molecule has 2 aliphatic carbocycles. The van der Waals surface area contributed by atoms with E-state index >= 15 is 0 Å². The predicted octanol–water partition coefficient (Wildman–Crippen LogP) is 2.63. The molecule has 2 fully saturated rings. The molecular weight excluding hydrogens is 384 g/mol. The van der Waals surface area contributed by atoms with Crippen molar-refractivity contribution in [3.63, 3.8) is 0 Å². The number of aryl methyl sites for hydroxylation is 1. The maximum atomic E-state index is 13.1. The van der Waals surface area contributed by atoms with E-state index < -0.39 is 5.92 Å². The van der Waals surface area contributed by atoms with Gasteiger partial charge in [-0.3, -0.25) is 14.2 Å². The average Bonchev–Trinajstić information content (AvgIpc) is 3.29. The SMILES string of the molecule is Cc1ccc(C(=O)NC2CC2)cc1-n1cnc(C(=O)C2C=C3OCOC3=CC2)c1N. The molecular formula is C22H22N4O4. The van der Waals surface area contributed by atoms with E-state index in [1.807, 2.05) is 19.1 Å². The summed E-state index contributed by atoms with van der Waals surface area (Å²) in [4.78, 5) is 29.8. The van der Waals surface area contributed by atoms with Crippen LogP contribution in [0.2, 0.25) is 0 Å². The first-order chi connectivity index (χ1) is 14.5. The zero-order chi connectivity index (χ0) is 20.8. The minimum atomic E-state index is -0.409. The van der Waals surface area contributed by atoms with Crippen molar-refractivity contribution in [3.05, 3.63) is 65.0 Å². The third-order valence-corrected chi connectivity index (χ3v) is 5.60. The van der Waals surface area contributed by atoms with E-state index in [0.29, 0.717) is 23.5 Å². The second kappa shape index (κ2) is 7.05. The van der Waals surface area contributed by atoms with Gasteiger partial charge in [0, 0.05) is 17.5 Å². The Hall–Kier alpha value is -3.55. The summed E-state index contributed by atoms with van der Waals surface area (Å²) in [7, 11) is 0. The summed E-state index contributed by atoms with van der Waals surface area (Å²) in [6.45, 7) is 2.09. The fourth-order valence-corrected chi connectivity index (χ4v) is 3.68. The van der Waals surface area contributed by atoms with Gasteiger partial charge in [-0.1, -0.05) is 6.07 Å². The molecule has 1 atom stereocenters. The number of nitrogens with one attached hydrogen (secondary N) is 1. The molecule has 0 radical (unpaired) electrons. The Bertz CT molecular complexity index is 1110. The maximum Gasteiger partial charge on any atom is 0.251 e. The van der Waals surface area contributed by atoms with Crippen LogP contribution in [0.25, 0.3) is 5.69 Å². The van der Waals surface area contributed by atoms with E-state index in [9.17, 15) is 9.59 Å². The van der Waals surface area contributed by atoms with Crippen molar-refractivity contribution in [3.8, 4) is 5.69 Å². The third-order valence-electron chi connectivity index (χ3n) is 5.60. The summed E-state index contributed by atoms with van der Waals surface area (Å²) in [5.41, 5.74) is 8.73. The highest BCUT2D eigenvalue weighted by atomic mass is 16.7. The summed E-state index contributed by atoms with van der Waals surface area (Å²) < 4.78 is 12.4. The van der Waals surface area contributed by atoms with Crippen molar-refractivity contribution < 1.29 is 19.1 Å². The molecule has 30 heavy (non-hydrogen) atoms. The van der Waals surface area contributed by atoms with Crippen LogP contribution in [0.4, 0.5) is 5.82 Å². The maximum absolute atomic E-state index is 13.1. The summed E-state index contributed by atoms with van der Waals surface area (Å²) in [5, 5.41) is 2.98. The number of Topliss-reactive ketones (excluding diaryl/α,β-unsaturated/α-hetero) is 1. The van der Waals surface area contributed by atoms with Gasteiger partial charge >= 0.3 is 0 Å². The smallest absolute Gasteiger partial charge is 0.251 e. The molecule has 1 saturated carbocycles. The van der Waals surface area contributed by atoms with E-state index in [0.717, 1.165) is 24.1 Å². The van der Waals surface area contributed by atoms with Gasteiger partial charge in [0.25, 0.3) is 5.91 Å². The van der Waals surface area contributed by atoms with Gasteiger partial charge < -0.3 is 20.5 Å². The first-order valence-electron chi connectivity index (χ1n) is 9.98. The summed E-state index contributed by atoms with van der Waals surface area (Å²) in [5.74, 6) is 0.818. The number of nitrogen functional groups attached to an aromatic ring is 1. The van der Waals surface area contributed by atoms with Gasteiger partial charge in [-0.2, -0.15) is 0 Å². The number of aromatic nitrogens is 2. The largest absolute Gasteiger partial charge is 0.454 e. The molecule has 154 valence electrons. The van der Waals surface area contributed by atoms with Crippen LogP contribution < -0.4 is 11.1 Å². The number of carbonyl (C=O) groups is 2. The number of allylic oxidation sites excluding steroid dienone is 2. The molecule has 1 amide bonds. The molecule has 1 unspecified atom stereocenters. The van der Waals surface area contributed by atoms with E-state index in [2.05, 4.69) is 10.3 Å². The summed E-state index contributed by atoms with van der Waals surface area (Å²) in [6, 6.07) is 5.71. The summed E-state index contributed by atoms with van der Waals surface area (Å²) >= 11 is 0. The van der Waals surface area contributed by atoms with E-state index in [1.54, 1.807) is 22.8 Å². The highest BCUT2D eigenvalue weighted by molar-refractivity contribution is 6.01. The minimum Gasteiger partial charge on any atom is -0.454 e. The molecule has 8 nitrogen and oxygen atoms in total. The zero-order valence-corrected chi connectivity index (χ0v) is 16.6. The van der Waals surface area contributed by atoms with Crippen LogP contribution in [0.15, 0.2) is 48.2 Å². The van der Waals surface area contributed by atoms with Gasteiger partial charge in [-0.25, -0.2) is 4.98 Å². The quantitative estimate of drug-likeness (QED) is 0.739. The Kier molecular flexibility index (Phi) is 4.34. The molecule has 2 heterocycles. The lowest BCUT2D eigenvalue weighted by molar-refractivity contribution is 0.0928. The number of rotatable bonds is 5. The number of amides is 1. The first-order valence-corrected chi connectivity index (χ1v) is 9.98. The zero-order valence-electron chi connectivity index (χ0n) is 16.6. The van der Waals surface area contributed by atoms with Crippen LogP contribution in [0.3, 0.4) is 0 Å². The van der Waals surface area contributed by atoms with Crippen LogP contribution in [0.5, 0.6) is 0 Å². The Morgan fingerprint density at radius 1 is 1.23 bits per heavy atom. The van der Waals surface area contributed by atoms with Crippen molar-refractivity contribution in [1.29, 1.82) is 0 Å². The van der Waals surface area contributed by atoms with Gasteiger partial charge in [0.2, 0.25) is 6.79 Å². The first kappa shape index (κ1) is 18.5. The molecule has 0 bridgehead atoms. The number of hydrogen-bond acceptors (Lipinski definition) is 6. The van der Waals surface area contributed by atoms with Gasteiger partial charge in [0.1, 0.15) is 17.8 Å². The molecule has 1 aromatic heterocycles. The van der Waals surface area contributed by atoms with Gasteiger partial charge in [-0.05, 0) is 56.0 Å². The molecule has 3 N–H and O–H groups in total. The number of benzene rings is 1. The molecule has 3 aliphatic rings. The minimum absolute atomic E-state index is 0.107. The number of imidazole rings is 1. The van der Waals surface area contributed by atoms with Gasteiger partial charge in [0.15, 0.2) is 17.3 Å². The van der Waals surface area contributed by atoms with E-state index in [4.69, 9.17) is 15.2 Å². The molecule has 1 saturated heterocycles. The summed E-state index contributed by atoms with van der Waals surface area (Å²) in [6.07, 6.45) is 7.69. The van der Waals surface area contributed by atoms with Crippen molar-refractivity contribution in [1.82, 2.24) is 14.9 Å². The Morgan fingerprint density at radius 2 is 2.03 bits per heavy atom. The van der Waals surface area contributed by atoms with Gasteiger partial charge in [0.05, 0.1) is 5.69 Å². The standard InChI is InChI=1S/C22H22N4O4/c1-12-2-3-14(22(28)25-15-5-6-15)8-16(12)26-10-24-19(21(26)23)20(27)13-4-7-17-18(9-13)30-11-29-17/h2-3,7-10,13,15H,4-6,11,23H2,1H3,(H,25,28). The molecule has 2 aromatic rings. The number of carbonyl (C=O) groups excluding carboxylic acids is 2. The van der Waals surface area contributed by atoms with Crippen molar-refractivity contribution >= 4 is 17.5 Å². The molecule has 1 aromatic carbocycles. The number of anilines is 1. The molecule has 1 aliphatic heterocycles. The fraction of sp³-hybridized carbons (Fsp3) is 0.318. The average molecular weight is 406 g/mol. The van der Waals surface area contributed by atoms with Crippen molar-refractivity contribution in [2.45, 2.75) is 32.2 Å². The number of nitrogens with two attached hydrogens (primary N) is 1. The number of fused-ring (bicyclic) bond motifs is 1. The van der Waals surface area contributed by atoms with Gasteiger partial charge in [-0.15, -0.1) is 0 Å². The third kappa shape index (κ3) is 3.24. The Morgan fingerprint density at radius 3 is 2.83 bits per heavy atom. The Labute approximate surface area is 173 Å². The fourth-order valence-electron chi connectivity index (χ4n) is 3.68. The van der Waals surface area contributed by atoms with Crippen molar-refractivity contribution in [2.75, 3.05) is 12.5 Å². The number of ketones is 1. The lowest BCUT2D eigenvalue weighted by atomic mass is 9.93. The number of hydrogen-bond donors (Lipinski definition) is 2. The molecule has 8 heteroatoms. The predicted molar refractivity (Wildman–Crippen MR) is 109 cm³/mol. The van der Waals surface area contributed by atoms with E-state index in [-0.39, 0.29) is 36.0 Å². The van der Waals surface area contributed by atoms with Crippen LogP contribution in [0.1, 0.15) is 45.7 Å². The lowest BCUT2D eigenvalue weighted by Crippen LogP contribution is -2.25. The molecule has 5 rings (SSSR count). The monoisotopic (exact) mass is 406 g/mol.